The number of rotatable bonds is 56. The van der Waals surface area contributed by atoms with Gasteiger partial charge in [0.25, 0.3) is 0 Å². The SMILES string of the molecule is CCCCCCCCCCCCC(CCCCCCCC)(CCCCCCCCCCCC)C(CCCCCCCCCCCC)(CCCCCCCCCCCC)P(Cl)CCCC. The molecule has 0 aromatic rings. The molecule has 0 aromatic carbocycles. The highest BCUT2D eigenvalue weighted by atomic mass is 35.7. The highest BCUT2D eigenvalue weighted by Crippen LogP contribution is 2.70. The van der Waals surface area contributed by atoms with Crippen LogP contribution >= 0.6 is 18.5 Å². The molecule has 1 unspecified atom stereocenters. The molecule has 0 aromatic heterocycles. The first kappa shape index (κ1) is 64.7. The first-order valence-corrected chi connectivity index (χ1v) is 33.4. The van der Waals surface area contributed by atoms with E-state index in [0.29, 0.717) is 10.6 Å². The van der Waals surface area contributed by atoms with Crippen molar-refractivity contribution >= 4 is 18.5 Å². The van der Waals surface area contributed by atoms with E-state index in [2.05, 4.69) is 41.5 Å². The first-order valence-electron chi connectivity index (χ1n) is 31.0. The Balaban J connectivity index is 6.55. The van der Waals surface area contributed by atoms with Crippen molar-refractivity contribution in [2.45, 2.75) is 387 Å². The van der Waals surface area contributed by atoms with Crippen LogP contribution in [0.4, 0.5) is 0 Å². The molecule has 0 nitrogen and oxygen atoms in total. The average Bonchev–Trinajstić information content (AvgIpc) is 3.30. The van der Waals surface area contributed by atoms with Crippen molar-refractivity contribution in [3.05, 3.63) is 0 Å². The van der Waals surface area contributed by atoms with Gasteiger partial charge in [-0.2, -0.15) is 0 Å². The minimum absolute atomic E-state index is 0.362. The Morgan fingerprint density at radius 3 is 0.594 bits per heavy atom. The van der Waals surface area contributed by atoms with Gasteiger partial charge < -0.3 is 0 Å². The highest BCUT2D eigenvalue weighted by Gasteiger charge is 2.52. The van der Waals surface area contributed by atoms with Crippen LogP contribution in [0.3, 0.4) is 0 Å². The van der Waals surface area contributed by atoms with Gasteiger partial charge >= 0.3 is 0 Å². The summed E-state index contributed by atoms with van der Waals surface area (Å²) in [5.41, 5.74) is 0.442. The van der Waals surface area contributed by atoms with Crippen molar-refractivity contribution in [1.82, 2.24) is 0 Å². The molecule has 2 heteroatoms. The van der Waals surface area contributed by atoms with Gasteiger partial charge in [-0.25, -0.2) is 0 Å². The van der Waals surface area contributed by atoms with E-state index in [1.54, 1.807) is 0 Å². The second kappa shape index (κ2) is 51.6. The van der Waals surface area contributed by atoms with Gasteiger partial charge in [-0.1, -0.05) is 355 Å². The molecule has 0 radical (unpaired) electrons. The molecular weight excluding hydrogens is 811 g/mol. The third-order valence-corrected chi connectivity index (χ3v) is 20.1. The van der Waals surface area contributed by atoms with Gasteiger partial charge in [0.15, 0.2) is 0 Å². The zero-order valence-electron chi connectivity index (χ0n) is 46.0. The molecule has 0 rings (SSSR count). The summed E-state index contributed by atoms with van der Waals surface area (Å²) < 4.78 is 0. The van der Waals surface area contributed by atoms with Gasteiger partial charge in [0, 0.05) is 5.16 Å². The molecule has 1 atom stereocenters. The van der Waals surface area contributed by atoms with Gasteiger partial charge in [-0.05, 0) is 57.4 Å². The summed E-state index contributed by atoms with van der Waals surface area (Å²) >= 11 is 8.33. The molecule has 0 aliphatic carbocycles. The van der Waals surface area contributed by atoms with Gasteiger partial charge in [0.2, 0.25) is 0 Å². The zero-order valence-corrected chi connectivity index (χ0v) is 47.7. The van der Waals surface area contributed by atoms with Gasteiger partial charge in [-0.3, -0.25) is 0 Å². The van der Waals surface area contributed by atoms with Crippen molar-refractivity contribution in [2.75, 3.05) is 6.16 Å². The van der Waals surface area contributed by atoms with Crippen LogP contribution in [0, 0.1) is 5.41 Å². The van der Waals surface area contributed by atoms with E-state index in [4.69, 9.17) is 11.2 Å². The molecule has 0 saturated heterocycles. The summed E-state index contributed by atoms with van der Waals surface area (Å²) in [6, 6.07) is 0. The monoisotopic (exact) mass is 937 g/mol. The van der Waals surface area contributed by atoms with Crippen LogP contribution in [0.5, 0.6) is 0 Å². The number of hydrogen-bond donors (Lipinski definition) is 0. The predicted octanol–water partition coefficient (Wildman–Crippen LogP) is 25.1. The molecule has 0 N–H and O–H groups in total. The lowest BCUT2D eigenvalue weighted by molar-refractivity contribution is 0.105. The molecule has 386 valence electrons. The van der Waals surface area contributed by atoms with Gasteiger partial charge in [0.1, 0.15) is 0 Å². The molecule has 0 fully saturated rings. The van der Waals surface area contributed by atoms with Crippen LogP contribution in [-0.4, -0.2) is 11.3 Å². The smallest absolute Gasteiger partial charge is 0.01000 e. The zero-order chi connectivity index (χ0) is 46.8. The van der Waals surface area contributed by atoms with Crippen molar-refractivity contribution in [3.63, 3.8) is 0 Å². The average molecular weight is 938 g/mol. The number of unbranched alkanes of at least 4 members (excludes halogenated alkanes) is 42. The van der Waals surface area contributed by atoms with E-state index in [1.165, 1.54) is 346 Å². The fourth-order valence-corrected chi connectivity index (χ4v) is 15.8. The summed E-state index contributed by atoms with van der Waals surface area (Å²) in [7, 11) is -0.528. The van der Waals surface area contributed by atoms with E-state index < -0.39 is 7.27 Å². The van der Waals surface area contributed by atoms with Crippen LogP contribution in [0.15, 0.2) is 0 Å². The van der Waals surface area contributed by atoms with Crippen LogP contribution in [0.1, 0.15) is 382 Å². The summed E-state index contributed by atoms with van der Waals surface area (Å²) in [6.07, 6.45) is 77.9. The fraction of sp³-hybridized carbons (Fsp3) is 1.00. The molecule has 64 heavy (non-hydrogen) atoms. The lowest BCUT2D eigenvalue weighted by Crippen LogP contribution is -2.47. The fourth-order valence-electron chi connectivity index (χ4n) is 11.7. The van der Waals surface area contributed by atoms with E-state index in [1.807, 2.05) is 0 Å². The summed E-state index contributed by atoms with van der Waals surface area (Å²) in [5.74, 6) is 0. The normalized spacial score (nSPS) is 12.8. The Hall–Kier alpha value is 0.720. The summed E-state index contributed by atoms with van der Waals surface area (Å²) in [6.45, 7) is 14.2. The molecule has 0 spiro atoms. The largest absolute Gasteiger partial charge is 0.0958 e. The first-order chi connectivity index (χ1) is 31.5. The third kappa shape index (κ3) is 36.7. The topological polar surface area (TPSA) is 0 Å². The Bertz CT molecular complexity index is 806. The third-order valence-electron chi connectivity index (χ3n) is 16.1. The molecule has 0 aliphatic rings. The molecule has 0 heterocycles. The molecule has 0 aliphatic heterocycles. The Kier molecular flexibility index (Phi) is 52.1. The highest BCUT2D eigenvalue weighted by molar-refractivity contribution is 7.85. The maximum atomic E-state index is 8.33. The van der Waals surface area contributed by atoms with E-state index >= 15 is 0 Å². The molecule has 0 saturated carbocycles. The van der Waals surface area contributed by atoms with E-state index in [9.17, 15) is 0 Å². The quantitative estimate of drug-likeness (QED) is 0.0421. The second-order valence-electron chi connectivity index (χ2n) is 22.0. The van der Waals surface area contributed by atoms with E-state index in [-0.39, 0.29) is 0 Å². The Labute approximate surface area is 415 Å². The van der Waals surface area contributed by atoms with Crippen LogP contribution < -0.4 is 0 Å². The standard InChI is InChI=1S/C62H126ClP/c1-7-13-19-24-29-33-37-41-46-51-56-61(55-50-45-28-23-17-11-5,57-52-47-42-38-34-30-25-20-14-8-2)62(64(63)60-18-12-6,58-53-48-43-39-35-31-26-21-15-9-3)59-54-49-44-40-36-32-27-22-16-10-4/h7-60H2,1-6H3. The second-order valence-corrected chi connectivity index (χ2v) is 25.2. The Morgan fingerprint density at radius 1 is 0.219 bits per heavy atom. The van der Waals surface area contributed by atoms with Crippen molar-refractivity contribution in [1.29, 1.82) is 0 Å². The van der Waals surface area contributed by atoms with Crippen molar-refractivity contribution in [2.24, 2.45) is 5.41 Å². The minimum Gasteiger partial charge on any atom is -0.0958 e. The maximum absolute atomic E-state index is 8.33. The lowest BCUT2D eigenvalue weighted by atomic mass is 9.61. The molecule has 0 amide bonds. The van der Waals surface area contributed by atoms with Gasteiger partial charge in [-0.15, -0.1) is 0 Å². The Morgan fingerprint density at radius 2 is 0.391 bits per heavy atom. The van der Waals surface area contributed by atoms with Crippen molar-refractivity contribution < 1.29 is 0 Å². The number of hydrogen-bond acceptors (Lipinski definition) is 0. The van der Waals surface area contributed by atoms with E-state index in [0.717, 1.165) is 0 Å². The van der Waals surface area contributed by atoms with Crippen molar-refractivity contribution in [3.8, 4) is 0 Å². The predicted molar refractivity (Wildman–Crippen MR) is 302 cm³/mol. The summed E-state index contributed by atoms with van der Waals surface area (Å²) in [4.78, 5) is 0. The molecule has 0 bridgehead atoms. The van der Waals surface area contributed by atoms with Crippen LogP contribution in [0.25, 0.3) is 0 Å². The number of halogens is 1. The summed E-state index contributed by atoms with van der Waals surface area (Å²) in [5, 5.41) is 0.362. The minimum atomic E-state index is -0.528. The molecular formula is C62H126ClP. The van der Waals surface area contributed by atoms with Crippen LogP contribution in [0.2, 0.25) is 0 Å². The van der Waals surface area contributed by atoms with Crippen LogP contribution in [-0.2, 0) is 0 Å². The maximum Gasteiger partial charge on any atom is 0.01000 e. The van der Waals surface area contributed by atoms with Gasteiger partial charge in [0.05, 0.1) is 0 Å². The lowest BCUT2D eigenvalue weighted by Gasteiger charge is -2.55.